The Morgan fingerprint density at radius 3 is 2.50 bits per heavy atom. The summed E-state index contributed by atoms with van der Waals surface area (Å²) in [4.78, 5) is 22.7. The van der Waals surface area contributed by atoms with Crippen molar-refractivity contribution < 1.29 is 18.8 Å². The highest BCUT2D eigenvalue weighted by atomic mass is 19.1. The average Bonchev–Trinajstić information content (AvgIpc) is 3.33. The molecule has 0 fully saturated rings. The lowest BCUT2D eigenvalue weighted by Gasteiger charge is -2.20. The van der Waals surface area contributed by atoms with Crippen molar-refractivity contribution in [3.63, 3.8) is 0 Å². The Morgan fingerprint density at radius 2 is 1.83 bits per heavy atom. The van der Waals surface area contributed by atoms with Crippen LogP contribution in [0.5, 0.6) is 5.75 Å². The first kappa shape index (κ1) is 19.6. The third kappa shape index (κ3) is 3.63. The van der Waals surface area contributed by atoms with Crippen LogP contribution in [0.25, 0.3) is 11.3 Å². The summed E-state index contributed by atoms with van der Waals surface area (Å²) < 4.78 is 20.1. The molecule has 1 aliphatic rings. The minimum atomic E-state index is -1.16. The number of oxime groups is 1. The number of nitrogens with one attached hydrogen (secondary N) is 1. The van der Waals surface area contributed by atoms with Crippen molar-refractivity contribution in [2.45, 2.75) is 18.9 Å². The number of carbonyl (C=O) groups is 1. The molecule has 4 rings (SSSR count). The lowest BCUT2D eigenvalue weighted by Crippen LogP contribution is -2.40. The lowest BCUT2D eigenvalue weighted by atomic mass is 9.95. The number of ether oxygens (including phenoxy) is 1. The SMILES string of the molecule is COc1ccc(C2=NO[C@](C)(C(=O)Nc3ncc(-c4ccc(F)cc4)n3C)C2)cc1. The molecule has 154 valence electrons. The molecule has 0 saturated carbocycles. The molecule has 0 radical (unpaired) electrons. The van der Waals surface area contributed by atoms with Gasteiger partial charge in [-0.2, -0.15) is 0 Å². The Balaban J connectivity index is 1.47. The lowest BCUT2D eigenvalue weighted by molar-refractivity contribution is -0.136. The molecular formula is C22H21FN4O3. The Labute approximate surface area is 173 Å². The zero-order valence-electron chi connectivity index (χ0n) is 16.8. The average molecular weight is 408 g/mol. The van der Waals surface area contributed by atoms with Gasteiger partial charge in [0.05, 0.1) is 24.7 Å². The first-order valence-electron chi connectivity index (χ1n) is 9.38. The molecule has 1 N–H and O–H groups in total. The van der Waals surface area contributed by atoms with Gasteiger partial charge in [0.25, 0.3) is 5.91 Å². The summed E-state index contributed by atoms with van der Waals surface area (Å²) in [5.41, 5.74) is 1.93. The van der Waals surface area contributed by atoms with Crippen molar-refractivity contribution in [3.05, 3.63) is 66.1 Å². The van der Waals surface area contributed by atoms with Gasteiger partial charge in [0.2, 0.25) is 11.5 Å². The van der Waals surface area contributed by atoms with E-state index in [1.165, 1.54) is 12.1 Å². The van der Waals surface area contributed by atoms with E-state index in [4.69, 9.17) is 9.57 Å². The van der Waals surface area contributed by atoms with Crippen molar-refractivity contribution in [2.24, 2.45) is 12.2 Å². The smallest absolute Gasteiger partial charge is 0.273 e. The number of amides is 1. The van der Waals surface area contributed by atoms with Crippen molar-refractivity contribution in [3.8, 4) is 17.0 Å². The van der Waals surface area contributed by atoms with Crippen molar-refractivity contribution in [2.75, 3.05) is 12.4 Å². The van der Waals surface area contributed by atoms with Crippen LogP contribution < -0.4 is 10.1 Å². The van der Waals surface area contributed by atoms with Crippen LogP contribution >= 0.6 is 0 Å². The number of halogens is 1. The molecule has 0 unspecified atom stereocenters. The Morgan fingerprint density at radius 1 is 1.17 bits per heavy atom. The third-order valence-corrected chi connectivity index (χ3v) is 5.12. The van der Waals surface area contributed by atoms with E-state index >= 15 is 0 Å². The first-order chi connectivity index (χ1) is 14.4. The zero-order chi connectivity index (χ0) is 21.3. The molecule has 1 amide bonds. The highest BCUT2D eigenvalue weighted by molar-refractivity contribution is 6.07. The van der Waals surface area contributed by atoms with Gasteiger partial charge in [-0.1, -0.05) is 5.16 Å². The zero-order valence-corrected chi connectivity index (χ0v) is 16.8. The van der Waals surface area contributed by atoms with Crippen LogP contribution in [-0.4, -0.2) is 33.9 Å². The van der Waals surface area contributed by atoms with E-state index in [1.807, 2.05) is 24.3 Å². The second kappa shape index (κ2) is 7.62. The van der Waals surface area contributed by atoms with Gasteiger partial charge in [-0.3, -0.25) is 10.1 Å². The maximum Gasteiger partial charge on any atom is 0.273 e. The molecule has 8 heteroatoms. The van der Waals surface area contributed by atoms with Gasteiger partial charge in [-0.25, -0.2) is 9.37 Å². The molecule has 1 atom stereocenters. The van der Waals surface area contributed by atoms with Crippen LogP contribution in [-0.2, 0) is 16.7 Å². The number of anilines is 1. The number of methoxy groups -OCH3 is 1. The van der Waals surface area contributed by atoms with Gasteiger partial charge in [-0.05, 0) is 61.0 Å². The van der Waals surface area contributed by atoms with Crippen LogP contribution in [0.4, 0.5) is 10.3 Å². The molecule has 1 aromatic heterocycles. The van der Waals surface area contributed by atoms with Gasteiger partial charge in [0, 0.05) is 19.0 Å². The summed E-state index contributed by atoms with van der Waals surface area (Å²) >= 11 is 0. The van der Waals surface area contributed by atoms with Crippen molar-refractivity contribution in [1.29, 1.82) is 0 Å². The van der Waals surface area contributed by atoms with E-state index in [0.29, 0.717) is 18.1 Å². The molecule has 0 saturated heterocycles. The van der Waals surface area contributed by atoms with E-state index in [0.717, 1.165) is 22.6 Å². The third-order valence-electron chi connectivity index (χ3n) is 5.12. The number of carbonyl (C=O) groups excluding carboxylic acids is 1. The predicted octanol–water partition coefficient (Wildman–Crippen LogP) is 3.76. The van der Waals surface area contributed by atoms with Gasteiger partial charge in [-0.15, -0.1) is 0 Å². The van der Waals surface area contributed by atoms with Gasteiger partial charge in [0.1, 0.15) is 11.6 Å². The Kier molecular flexibility index (Phi) is 4.99. The van der Waals surface area contributed by atoms with Gasteiger partial charge >= 0.3 is 0 Å². The highest BCUT2D eigenvalue weighted by Gasteiger charge is 2.42. The minimum Gasteiger partial charge on any atom is -0.497 e. The molecular weight excluding hydrogens is 387 g/mol. The molecule has 2 heterocycles. The van der Waals surface area contributed by atoms with E-state index in [1.54, 1.807) is 44.0 Å². The molecule has 30 heavy (non-hydrogen) atoms. The van der Waals surface area contributed by atoms with E-state index in [2.05, 4.69) is 15.5 Å². The van der Waals surface area contributed by atoms with E-state index in [9.17, 15) is 9.18 Å². The fourth-order valence-electron chi connectivity index (χ4n) is 3.25. The van der Waals surface area contributed by atoms with Crippen molar-refractivity contribution in [1.82, 2.24) is 9.55 Å². The Hall–Kier alpha value is -3.68. The quantitative estimate of drug-likeness (QED) is 0.697. The van der Waals surface area contributed by atoms with Crippen molar-refractivity contribution >= 4 is 17.6 Å². The van der Waals surface area contributed by atoms with Crippen LogP contribution in [0.3, 0.4) is 0 Å². The summed E-state index contributed by atoms with van der Waals surface area (Å²) in [6.45, 7) is 1.69. The predicted molar refractivity (Wildman–Crippen MR) is 111 cm³/mol. The monoisotopic (exact) mass is 408 g/mol. The standard InChI is InChI=1S/C22H21FN4O3/c1-22(12-18(26-30-22)14-6-10-17(29-3)11-7-14)20(28)25-21-24-13-19(27(21)2)15-4-8-16(23)9-5-15/h4-11,13H,12H2,1-3H3,(H,24,25,28)/t22-/m0/s1. The fourth-order valence-corrected chi connectivity index (χ4v) is 3.25. The summed E-state index contributed by atoms with van der Waals surface area (Å²) in [6, 6.07) is 13.5. The van der Waals surface area contributed by atoms with Crippen LogP contribution in [0.2, 0.25) is 0 Å². The number of nitrogens with zero attached hydrogens (tertiary/aromatic N) is 3. The maximum absolute atomic E-state index is 13.2. The van der Waals surface area contributed by atoms with Crippen LogP contribution in [0.1, 0.15) is 18.9 Å². The number of imidazole rings is 1. The molecule has 0 aliphatic carbocycles. The number of rotatable bonds is 5. The van der Waals surface area contributed by atoms with Gasteiger partial charge in [0.15, 0.2) is 0 Å². The number of hydrogen-bond donors (Lipinski definition) is 1. The molecule has 2 aromatic carbocycles. The molecule has 0 bridgehead atoms. The number of aromatic nitrogens is 2. The summed E-state index contributed by atoms with van der Waals surface area (Å²) in [7, 11) is 3.38. The largest absolute Gasteiger partial charge is 0.497 e. The second-order valence-corrected chi connectivity index (χ2v) is 7.25. The normalized spacial score (nSPS) is 17.9. The molecule has 3 aromatic rings. The topological polar surface area (TPSA) is 77.7 Å². The highest BCUT2D eigenvalue weighted by Crippen LogP contribution is 2.29. The molecule has 1 aliphatic heterocycles. The fraction of sp³-hybridized carbons (Fsp3) is 0.227. The Bertz CT molecular complexity index is 1110. The van der Waals surface area contributed by atoms with E-state index < -0.39 is 5.60 Å². The first-order valence-corrected chi connectivity index (χ1v) is 9.38. The number of benzene rings is 2. The minimum absolute atomic E-state index is 0.312. The van der Waals surface area contributed by atoms with E-state index in [-0.39, 0.29) is 11.7 Å². The van der Waals surface area contributed by atoms with Crippen LogP contribution in [0.15, 0.2) is 59.9 Å². The summed E-state index contributed by atoms with van der Waals surface area (Å²) in [6.07, 6.45) is 1.94. The summed E-state index contributed by atoms with van der Waals surface area (Å²) in [5, 5.41) is 6.92. The van der Waals surface area contributed by atoms with Gasteiger partial charge < -0.3 is 14.1 Å². The second-order valence-electron chi connectivity index (χ2n) is 7.25. The van der Waals surface area contributed by atoms with Crippen LogP contribution in [0, 0.1) is 5.82 Å². The number of hydrogen-bond acceptors (Lipinski definition) is 5. The maximum atomic E-state index is 13.2. The molecule has 0 spiro atoms. The molecule has 7 nitrogen and oxygen atoms in total. The summed E-state index contributed by atoms with van der Waals surface area (Å²) in [5.74, 6) is 0.440.